The van der Waals surface area contributed by atoms with Gasteiger partial charge in [0.2, 0.25) is 0 Å². The standard InChI is InChI=1S/C58H44N2/c1-3-43-17-11-29-55(37-43)59(57-31-15-27-51(41-57)49-25-13-23-47(39-49)45-19-7-5-8-20-45)53-33-35-54(36-34-53)60(56-30-12-18-44(4-2)38-56)58-32-16-28-52(42-58)50-26-14-24-48(40-50)46-21-9-6-10-22-46/h3-42H,1-2H2. The summed E-state index contributed by atoms with van der Waals surface area (Å²) < 4.78 is 0. The average molecular weight is 769 g/mol. The molecule has 9 aromatic carbocycles. The second kappa shape index (κ2) is 17.3. The van der Waals surface area contributed by atoms with E-state index in [1.165, 1.54) is 33.4 Å². The highest BCUT2D eigenvalue weighted by molar-refractivity contribution is 5.86. The van der Waals surface area contributed by atoms with Gasteiger partial charge in [0.25, 0.3) is 0 Å². The lowest BCUT2D eigenvalue weighted by molar-refractivity contribution is 1.25. The van der Waals surface area contributed by atoms with E-state index in [-0.39, 0.29) is 0 Å². The molecule has 0 radical (unpaired) electrons. The van der Waals surface area contributed by atoms with Crippen LogP contribution in [0.3, 0.4) is 0 Å². The first kappa shape index (κ1) is 37.6. The summed E-state index contributed by atoms with van der Waals surface area (Å²) in [5, 5.41) is 0. The van der Waals surface area contributed by atoms with Crippen molar-refractivity contribution in [3.05, 3.63) is 255 Å². The van der Waals surface area contributed by atoms with E-state index in [1.54, 1.807) is 0 Å². The molecule has 60 heavy (non-hydrogen) atoms. The lowest BCUT2D eigenvalue weighted by Crippen LogP contribution is -2.12. The Kier molecular flexibility index (Phi) is 10.8. The van der Waals surface area contributed by atoms with E-state index in [9.17, 15) is 0 Å². The largest absolute Gasteiger partial charge is 0.310 e. The topological polar surface area (TPSA) is 6.48 Å². The zero-order valence-electron chi connectivity index (χ0n) is 33.4. The molecule has 2 nitrogen and oxygen atoms in total. The number of anilines is 6. The molecule has 0 bridgehead atoms. The molecule has 0 fully saturated rings. The van der Waals surface area contributed by atoms with Gasteiger partial charge in [0.1, 0.15) is 0 Å². The summed E-state index contributed by atoms with van der Waals surface area (Å²) in [7, 11) is 0. The third kappa shape index (κ3) is 8.09. The summed E-state index contributed by atoms with van der Waals surface area (Å²) in [6.45, 7) is 8.16. The first-order chi connectivity index (χ1) is 29.6. The van der Waals surface area contributed by atoms with E-state index >= 15 is 0 Å². The Bertz CT molecular complexity index is 2710. The quantitative estimate of drug-likeness (QED) is 0.122. The molecule has 0 spiro atoms. The predicted octanol–water partition coefficient (Wildman–Crippen LogP) is 16.6. The molecule has 0 amide bonds. The van der Waals surface area contributed by atoms with Crippen LogP contribution in [0.15, 0.2) is 244 Å². The summed E-state index contributed by atoms with van der Waals surface area (Å²) in [6, 6.07) is 82.2. The molecule has 0 heterocycles. The molecule has 0 aliphatic carbocycles. The SMILES string of the molecule is C=Cc1cccc(N(c2ccc(N(c3cccc(C=C)c3)c3cccc(-c4cccc(-c5ccccc5)c4)c3)cc2)c2cccc(-c3cccc(-c4ccccc4)c3)c2)c1. The molecule has 0 aromatic heterocycles. The number of nitrogens with zero attached hydrogens (tertiary/aromatic N) is 2. The second-order valence-electron chi connectivity index (χ2n) is 14.8. The van der Waals surface area contributed by atoms with E-state index < -0.39 is 0 Å². The Morgan fingerprint density at radius 1 is 0.233 bits per heavy atom. The van der Waals surface area contributed by atoms with E-state index in [4.69, 9.17) is 0 Å². The highest BCUT2D eigenvalue weighted by Gasteiger charge is 2.18. The maximum atomic E-state index is 4.08. The number of benzene rings is 9. The van der Waals surface area contributed by atoms with Crippen molar-refractivity contribution in [3.63, 3.8) is 0 Å². The van der Waals surface area contributed by atoms with Gasteiger partial charge in [0, 0.05) is 34.1 Å². The molecular weight excluding hydrogens is 725 g/mol. The molecule has 0 N–H and O–H groups in total. The molecular formula is C58H44N2. The fraction of sp³-hybridized carbons (Fsp3) is 0. The number of rotatable bonds is 12. The van der Waals surface area contributed by atoms with Gasteiger partial charge in [0.05, 0.1) is 0 Å². The van der Waals surface area contributed by atoms with Crippen molar-refractivity contribution in [2.24, 2.45) is 0 Å². The summed E-state index contributed by atoms with van der Waals surface area (Å²) in [5.74, 6) is 0. The lowest BCUT2D eigenvalue weighted by Gasteiger charge is -2.29. The van der Waals surface area contributed by atoms with E-state index in [2.05, 4.69) is 253 Å². The van der Waals surface area contributed by atoms with Crippen molar-refractivity contribution in [2.75, 3.05) is 9.80 Å². The van der Waals surface area contributed by atoms with Crippen molar-refractivity contribution in [3.8, 4) is 44.5 Å². The van der Waals surface area contributed by atoms with Crippen LogP contribution in [0.4, 0.5) is 34.1 Å². The minimum absolute atomic E-state index is 1.04. The minimum Gasteiger partial charge on any atom is -0.310 e. The summed E-state index contributed by atoms with van der Waals surface area (Å²) in [5.41, 5.74) is 17.9. The molecule has 0 aliphatic heterocycles. The minimum atomic E-state index is 1.04. The van der Waals surface area contributed by atoms with Gasteiger partial charge >= 0.3 is 0 Å². The van der Waals surface area contributed by atoms with Gasteiger partial charge in [-0.2, -0.15) is 0 Å². The fourth-order valence-corrected chi connectivity index (χ4v) is 7.89. The van der Waals surface area contributed by atoms with Gasteiger partial charge in [-0.05, 0) is 141 Å². The third-order valence-corrected chi connectivity index (χ3v) is 10.9. The number of hydrogen-bond acceptors (Lipinski definition) is 2. The second-order valence-corrected chi connectivity index (χ2v) is 14.8. The van der Waals surface area contributed by atoms with E-state index in [0.29, 0.717) is 0 Å². The Morgan fingerprint density at radius 3 is 0.883 bits per heavy atom. The maximum absolute atomic E-state index is 4.08. The molecule has 0 atom stereocenters. The molecule has 0 unspecified atom stereocenters. The Balaban J connectivity index is 1.12. The smallest absolute Gasteiger partial charge is 0.0467 e. The summed E-state index contributed by atoms with van der Waals surface area (Å²) in [4.78, 5) is 4.65. The molecule has 286 valence electrons. The fourth-order valence-electron chi connectivity index (χ4n) is 7.89. The van der Waals surface area contributed by atoms with Crippen LogP contribution in [0.25, 0.3) is 56.7 Å². The van der Waals surface area contributed by atoms with Crippen LogP contribution in [0, 0.1) is 0 Å². The first-order valence-electron chi connectivity index (χ1n) is 20.3. The Hall–Kier alpha value is -7.94. The molecule has 9 aromatic rings. The van der Waals surface area contributed by atoms with Gasteiger partial charge in [-0.1, -0.05) is 171 Å². The Labute approximate surface area is 353 Å². The van der Waals surface area contributed by atoms with Crippen LogP contribution in [-0.4, -0.2) is 0 Å². The molecule has 2 heteroatoms. The first-order valence-corrected chi connectivity index (χ1v) is 20.3. The van der Waals surface area contributed by atoms with Crippen LogP contribution in [0.1, 0.15) is 11.1 Å². The van der Waals surface area contributed by atoms with Crippen LogP contribution in [0.2, 0.25) is 0 Å². The van der Waals surface area contributed by atoms with Crippen LogP contribution < -0.4 is 9.80 Å². The molecule has 0 aliphatic rings. The lowest BCUT2D eigenvalue weighted by atomic mass is 9.98. The van der Waals surface area contributed by atoms with E-state index in [0.717, 1.165) is 56.4 Å². The van der Waals surface area contributed by atoms with Gasteiger partial charge in [0.15, 0.2) is 0 Å². The molecule has 9 rings (SSSR count). The van der Waals surface area contributed by atoms with Gasteiger partial charge in [-0.25, -0.2) is 0 Å². The van der Waals surface area contributed by atoms with Crippen LogP contribution in [0.5, 0.6) is 0 Å². The number of hydrogen-bond donors (Lipinski definition) is 0. The van der Waals surface area contributed by atoms with Crippen molar-refractivity contribution in [1.82, 2.24) is 0 Å². The van der Waals surface area contributed by atoms with Crippen molar-refractivity contribution >= 4 is 46.3 Å². The zero-order valence-corrected chi connectivity index (χ0v) is 33.4. The highest BCUT2D eigenvalue weighted by Crippen LogP contribution is 2.42. The van der Waals surface area contributed by atoms with Gasteiger partial charge < -0.3 is 9.80 Å². The van der Waals surface area contributed by atoms with E-state index in [1.807, 2.05) is 12.2 Å². The summed E-state index contributed by atoms with van der Waals surface area (Å²) in [6.07, 6.45) is 3.80. The average Bonchev–Trinajstić information content (AvgIpc) is 3.33. The van der Waals surface area contributed by atoms with Crippen molar-refractivity contribution in [1.29, 1.82) is 0 Å². The van der Waals surface area contributed by atoms with Crippen molar-refractivity contribution in [2.45, 2.75) is 0 Å². The zero-order chi connectivity index (χ0) is 40.7. The molecule has 0 saturated carbocycles. The maximum Gasteiger partial charge on any atom is 0.0467 e. The third-order valence-electron chi connectivity index (χ3n) is 10.9. The van der Waals surface area contributed by atoms with Gasteiger partial charge in [-0.15, -0.1) is 0 Å². The highest BCUT2D eigenvalue weighted by atomic mass is 15.2. The van der Waals surface area contributed by atoms with Gasteiger partial charge in [-0.3, -0.25) is 0 Å². The molecule has 0 saturated heterocycles. The normalized spacial score (nSPS) is 10.8. The Morgan fingerprint density at radius 2 is 0.517 bits per heavy atom. The monoisotopic (exact) mass is 768 g/mol. The van der Waals surface area contributed by atoms with Crippen LogP contribution >= 0.6 is 0 Å². The van der Waals surface area contributed by atoms with Crippen molar-refractivity contribution < 1.29 is 0 Å². The summed E-state index contributed by atoms with van der Waals surface area (Å²) >= 11 is 0. The van der Waals surface area contributed by atoms with Crippen LogP contribution in [-0.2, 0) is 0 Å². The predicted molar refractivity (Wildman–Crippen MR) is 258 cm³/mol.